The van der Waals surface area contributed by atoms with E-state index in [1.165, 1.54) is 23.6 Å². The van der Waals surface area contributed by atoms with Crippen LogP contribution in [0.5, 0.6) is 0 Å². The van der Waals surface area contributed by atoms with E-state index in [0.717, 1.165) is 57.2 Å². The van der Waals surface area contributed by atoms with Crippen LogP contribution in [0, 0.1) is 0 Å². The molecule has 1 aromatic carbocycles. The Morgan fingerprint density at radius 1 is 1.21 bits per heavy atom. The Morgan fingerprint density at radius 3 is 2.86 bits per heavy atom. The Hall–Kier alpha value is -2.18. The molecule has 0 bridgehead atoms. The second kappa shape index (κ2) is 10.0. The Kier molecular flexibility index (Phi) is 6.96. The van der Waals surface area contributed by atoms with Crippen molar-refractivity contribution in [1.29, 1.82) is 0 Å². The van der Waals surface area contributed by atoms with Gasteiger partial charge in [0.2, 0.25) is 0 Å². The number of pyridine rings is 1. The zero-order valence-electron chi connectivity index (χ0n) is 17.3. The number of benzene rings is 1. The van der Waals surface area contributed by atoms with E-state index in [2.05, 4.69) is 50.5 Å². The summed E-state index contributed by atoms with van der Waals surface area (Å²) in [5.41, 5.74) is 1.05. The van der Waals surface area contributed by atoms with Crippen LogP contribution in [0.15, 0.2) is 41.5 Å². The number of hydrogen-bond acceptors (Lipinski definition) is 4. The lowest BCUT2D eigenvalue weighted by Crippen LogP contribution is -2.47. The molecular weight excluding hydrogens is 364 g/mol. The maximum absolute atomic E-state index is 6.14. The highest BCUT2D eigenvalue weighted by Crippen LogP contribution is 2.19. The third kappa shape index (κ3) is 5.25. The fourth-order valence-corrected chi connectivity index (χ4v) is 4.23. The topological polar surface area (TPSA) is 59.0 Å². The van der Waals surface area contributed by atoms with Crippen molar-refractivity contribution in [3.05, 3.63) is 42.2 Å². The summed E-state index contributed by atoms with van der Waals surface area (Å²) in [5, 5.41) is 5.91. The Morgan fingerprint density at radius 2 is 2.07 bits per heavy atom. The van der Waals surface area contributed by atoms with Crippen molar-refractivity contribution >= 4 is 16.7 Å². The molecule has 2 fully saturated rings. The SMILES string of the molecule is CN=C(NCc1nccc2ccccc12)N1CCC(OCC2CCCCO2)CC1. The van der Waals surface area contributed by atoms with Gasteiger partial charge in [0.25, 0.3) is 0 Å². The minimum Gasteiger partial charge on any atom is -0.376 e. The first kappa shape index (κ1) is 20.1. The van der Waals surface area contributed by atoms with Crippen LogP contribution < -0.4 is 5.32 Å². The van der Waals surface area contributed by atoms with Gasteiger partial charge in [-0.25, -0.2) is 0 Å². The van der Waals surface area contributed by atoms with Crippen LogP contribution in [0.25, 0.3) is 10.8 Å². The van der Waals surface area contributed by atoms with Crippen LogP contribution in [-0.4, -0.2) is 61.4 Å². The number of guanidine groups is 1. The van der Waals surface area contributed by atoms with Gasteiger partial charge in [0, 0.05) is 38.3 Å². The molecule has 0 amide bonds. The fourth-order valence-electron chi connectivity index (χ4n) is 4.23. The molecule has 2 aliphatic rings. The van der Waals surface area contributed by atoms with E-state index in [1.54, 1.807) is 0 Å². The molecule has 4 rings (SSSR count). The summed E-state index contributed by atoms with van der Waals surface area (Å²) in [6.07, 6.45) is 8.15. The molecule has 1 unspecified atom stereocenters. The molecule has 1 atom stereocenters. The summed E-state index contributed by atoms with van der Waals surface area (Å²) in [5.74, 6) is 0.939. The lowest BCUT2D eigenvalue weighted by Gasteiger charge is -2.35. The minimum atomic E-state index is 0.296. The lowest BCUT2D eigenvalue weighted by molar-refractivity contribution is -0.0721. The Bertz CT molecular complexity index is 806. The van der Waals surface area contributed by atoms with Crippen molar-refractivity contribution in [2.75, 3.05) is 33.4 Å². The number of aliphatic imine (C=N–C) groups is 1. The number of nitrogens with one attached hydrogen (secondary N) is 1. The lowest BCUT2D eigenvalue weighted by atomic mass is 10.1. The van der Waals surface area contributed by atoms with Gasteiger partial charge in [-0.15, -0.1) is 0 Å². The van der Waals surface area contributed by atoms with Gasteiger partial charge in [0.05, 0.1) is 31.1 Å². The van der Waals surface area contributed by atoms with Crippen molar-refractivity contribution in [2.24, 2.45) is 4.99 Å². The summed E-state index contributed by atoms with van der Waals surface area (Å²) in [6, 6.07) is 10.4. The van der Waals surface area contributed by atoms with Crippen LogP contribution in [0.3, 0.4) is 0 Å². The first-order chi connectivity index (χ1) is 14.3. The number of aromatic nitrogens is 1. The molecule has 0 aliphatic carbocycles. The van der Waals surface area contributed by atoms with E-state index in [0.29, 0.717) is 18.8 Å². The second-order valence-electron chi connectivity index (χ2n) is 7.89. The van der Waals surface area contributed by atoms with Crippen molar-refractivity contribution in [3.8, 4) is 0 Å². The quantitative estimate of drug-likeness (QED) is 0.620. The molecule has 3 heterocycles. The van der Waals surface area contributed by atoms with Gasteiger partial charge >= 0.3 is 0 Å². The zero-order valence-corrected chi connectivity index (χ0v) is 17.3. The predicted octanol–water partition coefficient (Wildman–Crippen LogP) is 3.36. The van der Waals surface area contributed by atoms with Gasteiger partial charge in [-0.1, -0.05) is 24.3 Å². The molecule has 6 heteroatoms. The molecule has 6 nitrogen and oxygen atoms in total. The summed E-state index contributed by atoms with van der Waals surface area (Å²) < 4.78 is 11.9. The average molecular weight is 397 g/mol. The van der Waals surface area contributed by atoms with E-state index in [9.17, 15) is 0 Å². The van der Waals surface area contributed by atoms with Crippen molar-refractivity contribution in [2.45, 2.75) is 50.9 Å². The molecule has 29 heavy (non-hydrogen) atoms. The molecule has 1 N–H and O–H groups in total. The Balaban J connectivity index is 1.26. The summed E-state index contributed by atoms with van der Waals surface area (Å²) in [6.45, 7) is 4.21. The molecular formula is C23H32N4O2. The van der Waals surface area contributed by atoms with E-state index in [4.69, 9.17) is 9.47 Å². The third-order valence-corrected chi connectivity index (χ3v) is 5.92. The first-order valence-corrected chi connectivity index (χ1v) is 10.8. The summed E-state index contributed by atoms with van der Waals surface area (Å²) in [4.78, 5) is 11.4. The fraction of sp³-hybridized carbons (Fsp3) is 0.565. The number of hydrogen-bond donors (Lipinski definition) is 1. The smallest absolute Gasteiger partial charge is 0.193 e. The minimum absolute atomic E-state index is 0.296. The average Bonchev–Trinajstić information content (AvgIpc) is 2.79. The number of nitrogens with zero attached hydrogens (tertiary/aromatic N) is 3. The zero-order chi connectivity index (χ0) is 19.9. The summed E-state index contributed by atoms with van der Waals surface area (Å²) in [7, 11) is 1.85. The highest BCUT2D eigenvalue weighted by Gasteiger charge is 2.23. The van der Waals surface area contributed by atoms with Crippen molar-refractivity contribution in [1.82, 2.24) is 15.2 Å². The van der Waals surface area contributed by atoms with Crippen LogP contribution in [-0.2, 0) is 16.0 Å². The third-order valence-electron chi connectivity index (χ3n) is 5.92. The standard InChI is InChI=1S/C23H32N4O2/c1-24-23(26-16-22-21-8-3-2-6-18(21)9-12-25-22)27-13-10-19(11-14-27)29-17-20-7-4-5-15-28-20/h2-3,6,8-9,12,19-20H,4-5,7,10-11,13-17H2,1H3,(H,24,26). The van der Waals surface area contributed by atoms with Gasteiger partial charge in [-0.05, 0) is 43.6 Å². The number of ether oxygens (including phenoxy) is 2. The van der Waals surface area contributed by atoms with E-state index < -0.39 is 0 Å². The number of fused-ring (bicyclic) bond motifs is 1. The van der Waals surface area contributed by atoms with Crippen LogP contribution in [0.4, 0.5) is 0 Å². The molecule has 2 aliphatic heterocycles. The van der Waals surface area contributed by atoms with Gasteiger partial charge in [0.1, 0.15) is 0 Å². The van der Waals surface area contributed by atoms with Crippen molar-refractivity contribution < 1.29 is 9.47 Å². The largest absolute Gasteiger partial charge is 0.376 e. The molecule has 0 saturated carbocycles. The van der Waals surface area contributed by atoms with Crippen LogP contribution >= 0.6 is 0 Å². The molecule has 2 aromatic rings. The van der Waals surface area contributed by atoms with Gasteiger partial charge in [-0.2, -0.15) is 0 Å². The molecule has 0 radical (unpaired) electrons. The normalized spacial score (nSPS) is 21.5. The maximum atomic E-state index is 6.14. The molecule has 156 valence electrons. The monoisotopic (exact) mass is 396 g/mol. The molecule has 0 spiro atoms. The van der Waals surface area contributed by atoms with Crippen LogP contribution in [0.2, 0.25) is 0 Å². The van der Waals surface area contributed by atoms with Gasteiger partial charge < -0.3 is 19.7 Å². The highest BCUT2D eigenvalue weighted by molar-refractivity contribution is 5.85. The van der Waals surface area contributed by atoms with Gasteiger partial charge in [-0.3, -0.25) is 9.98 Å². The summed E-state index contributed by atoms with van der Waals surface area (Å²) >= 11 is 0. The first-order valence-electron chi connectivity index (χ1n) is 10.8. The second-order valence-corrected chi connectivity index (χ2v) is 7.89. The van der Waals surface area contributed by atoms with E-state index in [1.807, 2.05) is 13.2 Å². The highest BCUT2D eigenvalue weighted by atomic mass is 16.5. The number of piperidine rings is 1. The number of likely N-dealkylation sites (tertiary alicyclic amines) is 1. The number of rotatable bonds is 5. The van der Waals surface area contributed by atoms with E-state index >= 15 is 0 Å². The van der Waals surface area contributed by atoms with Gasteiger partial charge in [0.15, 0.2) is 5.96 Å². The molecule has 2 saturated heterocycles. The predicted molar refractivity (Wildman–Crippen MR) is 116 cm³/mol. The molecule has 1 aromatic heterocycles. The maximum Gasteiger partial charge on any atom is 0.193 e. The van der Waals surface area contributed by atoms with Crippen LogP contribution in [0.1, 0.15) is 37.8 Å². The van der Waals surface area contributed by atoms with E-state index in [-0.39, 0.29) is 0 Å². The van der Waals surface area contributed by atoms with Crippen molar-refractivity contribution in [3.63, 3.8) is 0 Å². The Labute approximate surface area is 173 Å².